The summed E-state index contributed by atoms with van der Waals surface area (Å²) in [7, 11) is -0.448. The van der Waals surface area contributed by atoms with E-state index in [-0.39, 0.29) is 29.2 Å². The maximum absolute atomic E-state index is 10.5. The van der Waals surface area contributed by atoms with Crippen LogP contribution in [0.1, 0.15) is 110 Å². The smallest absolute Gasteiger partial charge is 0.192 e. The zero-order valence-electron chi connectivity index (χ0n) is 27.6. The zero-order chi connectivity index (χ0) is 30.5. The molecule has 230 valence electrons. The van der Waals surface area contributed by atoms with E-state index >= 15 is 0 Å². The average Bonchev–Trinajstić information content (AvgIpc) is 2.95. The Balaban J connectivity index is 2.74. The molecule has 0 unspecified atom stereocenters. The third-order valence-electron chi connectivity index (χ3n) is 9.21. The van der Waals surface area contributed by atoms with Gasteiger partial charge in [0.1, 0.15) is 5.75 Å². The van der Waals surface area contributed by atoms with Crippen molar-refractivity contribution in [1.82, 2.24) is 0 Å². The molecule has 0 saturated carbocycles. The Labute approximate surface area is 253 Å². The van der Waals surface area contributed by atoms with Gasteiger partial charge in [-0.25, -0.2) is 0 Å². The molecule has 2 rings (SSSR count). The van der Waals surface area contributed by atoms with Gasteiger partial charge in [-0.05, 0) is 67.6 Å². The van der Waals surface area contributed by atoms with Gasteiger partial charge in [0.2, 0.25) is 0 Å². The highest BCUT2D eigenvalue weighted by atomic mass is 28.4. The fourth-order valence-electron chi connectivity index (χ4n) is 5.49. The summed E-state index contributed by atoms with van der Waals surface area (Å²) in [6.45, 7) is 18.5. The highest BCUT2D eigenvalue weighted by Gasteiger charge is 2.48. The number of ether oxygens (including phenoxy) is 1. The second kappa shape index (κ2) is 16.6. The number of hydrogen-bond acceptors (Lipinski definition) is 4. The van der Waals surface area contributed by atoms with E-state index < -0.39 is 8.32 Å². The van der Waals surface area contributed by atoms with Crippen LogP contribution in [0.4, 0.5) is 0 Å². The van der Waals surface area contributed by atoms with Gasteiger partial charge in [0.15, 0.2) is 8.32 Å². The van der Waals surface area contributed by atoms with Crippen molar-refractivity contribution in [2.24, 2.45) is 10.4 Å². The summed E-state index contributed by atoms with van der Waals surface area (Å²) >= 11 is 0. The molecule has 0 aliphatic rings. The first-order chi connectivity index (χ1) is 19.4. The van der Waals surface area contributed by atoms with Gasteiger partial charge in [0.25, 0.3) is 0 Å². The summed E-state index contributed by atoms with van der Waals surface area (Å²) in [6.07, 6.45) is 9.67. The van der Waals surface area contributed by atoms with Crippen molar-refractivity contribution in [1.29, 1.82) is 0 Å². The Morgan fingerprint density at radius 3 is 2.02 bits per heavy atom. The van der Waals surface area contributed by atoms with Crippen molar-refractivity contribution >= 4 is 14.0 Å². The molecule has 0 bridgehead atoms. The van der Waals surface area contributed by atoms with E-state index in [0.29, 0.717) is 0 Å². The van der Waals surface area contributed by atoms with Gasteiger partial charge in [-0.15, -0.1) is 0 Å². The third-order valence-corrected chi connectivity index (χ3v) is 13.7. The summed E-state index contributed by atoms with van der Waals surface area (Å²) in [5.74, 6) is 0.857. The first kappa shape index (κ1) is 35.2. The molecule has 5 heteroatoms. The highest BCUT2D eigenvalue weighted by Crippen LogP contribution is 2.51. The van der Waals surface area contributed by atoms with Crippen LogP contribution in [-0.4, -0.2) is 38.9 Å². The molecular formula is C36H59NO3Si. The molecule has 0 spiro atoms. The van der Waals surface area contributed by atoms with Gasteiger partial charge >= 0.3 is 0 Å². The van der Waals surface area contributed by atoms with Gasteiger partial charge in [-0.3, -0.25) is 4.99 Å². The number of unbranched alkanes of at least 4 members (excludes halogenated alkanes) is 4. The van der Waals surface area contributed by atoms with Crippen LogP contribution in [0.5, 0.6) is 5.75 Å². The van der Waals surface area contributed by atoms with E-state index in [1.54, 1.807) is 7.11 Å². The summed E-state index contributed by atoms with van der Waals surface area (Å²) < 4.78 is 13.0. The fourth-order valence-corrected chi connectivity index (χ4v) is 6.79. The minimum absolute atomic E-state index is 0.0300. The monoisotopic (exact) mass is 581 g/mol. The normalized spacial score (nSPS) is 15.8. The van der Waals surface area contributed by atoms with Crippen LogP contribution in [0.15, 0.2) is 59.6 Å². The fraction of sp³-hybridized carbons (Fsp3) is 0.639. The summed E-state index contributed by atoms with van der Waals surface area (Å²) in [5, 5.41) is 10.6. The Morgan fingerprint density at radius 2 is 1.49 bits per heavy atom. The molecule has 0 saturated heterocycles. The third kappa shape index (κ3) is 10.1. The Morgan fingerprint density at radius 1 is 0.878 bits per heavy atom. The molecule has 0 amide bonds. The summed E-state index contributed by atoms with van der Waals surface area (Å²) in [4.78, 5) is 5.36. The lowest BCUT2D eigenvalue weighted by atomic mass is 9.68. The largest absolute Gasteiger partial charge is 0.497 e. The molecule has 2 aromatic rings. The number of rotatable bonds is 18. The molecule has 0 aliphatic heterocycles. The SMILES string of the molecule is CCCCCC[C@](CCCC)(C(C)=N[C@H](CO)Cc1ccccc1)[C@@H](O[Si](C)(C)C(C)(C)C)c1ccc(OC)cc1. The van der Waals surface area contributed by atoms with E-state index in [9.17, 15) is 5.11 Å². The van der Waals surface area contributed by atoms with Gasteiger partial charge in [-0.1, -0.05) is 116 Å². The number of aliphatic imine (C=N–C) groups is 1. The average molecular weight is 582 g/mol. The van der Waals surface area contributed by atoms with E-state index in [0.717, 1.165) is 50.0 Å². The van der Waals surface area contributed by atoms with Crippen LogP contribution >= 0.6 is 0 Å². The van der Waals surface area contributed by atoms with Crippen molar-refractivity contribution in [2.45, 2.75) is 130 Å². The number of aliphatic hydroxyl groups is 1. The van der Waals surface area contributed by atoms with Crippen LogP contribution < -0.4 is 4.74 Å². The predicted octanol–water partition coefficient (Wildman–Crippen LogP) is 9.97. The minimum Gasteiger partial charge on any atom is -0.497 e. The topological polar surface area (TPSA) is 51.1 Å². The minimum atomic E-state index is -2.17. The van der Waals surface area contributed by atoms with Gasteiger partial charge < -0.3 is 14.3 Å². The van der Waals surface area contributed by atoms with E-state index in [1.165, 1.54) is 30.4 Å². The molecule has 0 aliphatic carbocycles. The maximum Gasteiger partial charge on any atom is 0.192 e. The lowest BCUT2D eigenvalue weighted by Gasteiger charge is -2.48. The number of methoxy groups -OCH3 is 1. The van der Waals surface area contributed by atoms with E-state index in [4.69, 9.17) is 14.2 Å². The first-order valence-electron chi connectivity index (χ1n) is 16.0. The van der Waals surface area contributed by atoms with Crippen LogP contribution in [-0.2, 0) is 10.8 Å². The highest BCUT2D eigenvalue weighted by molar-refractivity contribution is 6.74. The van der Waals surface area contributed by atoms with Crippen molar-refractivity contribution in [2.75, 3.05) is 13.7 Å². The van der Waals surface area contributed by atoms with Crippen molar-refractivity contribution < 1.29 is 14.3 Å². The Kier molecular flexibility index (Phi) is 14.3. The molecule has 2 aromatic carbocycles. The van der Waals surface area contributed by atoms with Crippen molar-refractivity contribution in [3.05, 3.63) is 65.7 Å². The molecule has 4 nitrogen and oxygen atoms in total. The summed E-state index contributed by atoms with van der Waals surface area (Å²) in [6, 6.07) is 18.8. The molecular weight excluding hydrogens is 522 g/mol. The van der Waals surface area contributed by atoms with Crippen molar-refractivity contribution in [3.8, 4) is 5.75 Å². The lowest BCUT2D eigenvalue weighted by molar-refractivity contribution is 0.0637. The Bertz CT molecular complexity index is 1030. The predicted molar refractivity (Wildman–Crippen MR) is 179 cm³/mol. The molecule has 1 N–H and O–H groups in total. The second-order valence-electron chi connectivity index (χ2n) is 13.3. The van der Waals surface area contributed by atoms with Crippen LogP contribution in [0, 0.1) is 5.41 Å². The van der Waals surface area contributed by atoms with Gasteiger partial charge in [-0.2, -0.15) is 0 Å². The number of aliphatic hydroxyl groups excluding tert-OH is 1. The standard InChI is InChI=1S/C36H59NO3Si/c1-10-12-14-18-26-36(25-13-11-2,29(3)37-32(28-38)27-30-19-16-15-17-20-30)34(40-41(8,9)35(4,5)6)31-21-23-33(39-7)24-22-31/h15-17,19-24,32,34,38H,10-14,18,25-28H2,1-9H3/t32-,34-,36+/m0/s1. The van der Waals surface area contributed by atoms with Gasteiger partial charge in [0.05, 0.1) is 25.9 Å². The zero-order valence-corrected chi connectivity index (χ0v) is 28.6. The van der Waals surface area contributed by atoms with Crippen LogP contribution in [0.3, 0.4) is 0 Å². The molecule has 0 radical (unpaired) electrons. The van der Waals surface area contributed by atoms with E-state index in [2.05, 4.69) is 103 Å². The van der Waals surface area contributed by atoms with Crippen LogP contribution in [0.2, 0.25) is 18.1 Å². The number of hydrogen-bond donors (Lipinski definition) is 1. The molecule has 0 aromatic heterocycles. The van der Waals surface area contributed by atoms with Gasteiger partial charge in [0, 0.05) is 11.1 Å². The van der Waals surface area contributed by atoms with Crippen molar-refractivity contribution in [3.63, 3.8) is 0 Å². The maximum atomic E-state index is 10.5. The first-order valence-corrected chi connectivity index (χ1v) is 18.9. The molecule has 3 atom stereocenters. The Hall–Kier alpha value is -1.95. The molecule has 41 heavy (non-hydrogen) atoms. The molecule has 0 heterocycles. The quantitative estimate of drug-likeness (QED) is 0.108. The lowest BCUT2D eigenvalue weighted by Crippen LogP contribution is -2.48. The number of benzene rings is 2. The van der Waals surface area contributed by atoms with E-state index in [1.807, 2.05) is 6.07 Å². The second-order valence-corrected chi connectivity index (χ2v) is 18.1. The summed E-state index contributed by atoms with van der Waals surface area (Å²) in [5.41, 5.74) is 3.25. The molecule has 0 fully saturated rings. The number of nitrogens with zero attached hydrogens (tertiary/aromatic N) is 1. The van der Waals surface area contributed by atoms with Crippen LogP contribution in [0.25, 0.3) is 0 Å².